The Labute approximate surface area is 162 Å². The van der Waals surface area contributed by atoms with Crippen molar-refractivity contribution in [3.8, 4) is 11.3 Å². The number of fused-ring (bicyclic) bond motifs is 1. The number of carbonyl (C=O) groups is 1. The molecule has 0 aliphatic carbocycles. The van der Waals surface area contributed by atoms with Crippen LogP contribution in [-0.2, 0) is 11.2 Å². The summed E-state index contributed by atoms with van der Waals surface area (Å²) in [6.45, 7) is 0. The molecule has 1 amide bonds. The van der Waals surface area contributed by atoms with Gasteiger partial charge in [-0.05, 0) is 45.8 Å². The van der Waals surface area contributed by atoms with Gasteiger partial charge in [0.1, 0.15) is 17.2 Å². The molecule has 0 aliphatic heterocycles. The smallest absolute Gasteiger partial charge is 0.229 e. The van der Waals surface area contributed by atoms with Gasteiger partial charge in [-0.1, -0.05) is 12.1 Å². The summed E-state index contributed by atoms with van der Waals surface area (Å²) in [6.07, 6.45) is 4.98. The van der Waals surface area contributed by atoms with E-state index in [1.807, 2.05) is 6.07 Å². The molecule has 3 aromatic heterocycles. The summed E-state index contributed by atoms with van der Waals surface area (Å²) in [4.78, 5) is 28.2. The predicted octanol–water partition coefficient (Wildman–Crippen LogP) is 4.10. The zero-order valence-electron chi connectivity index (χ0n) is 13.9. The van der Waals surface area contributed by atoms with Crippen LogP contribution in [0.25, 0.3) is 22.4 Å². The largest absolute Gasteiger partial charge is 0.337 e. The lowest BCUT2D eigenvalue weighted by molar-refractivity contribution is -0.115. The summed E-state index contributed by atoms with van der Waals surface area (Å²) in [5, 5.41) is 2.76. The van der Waals surface area contributed by atoms with Gasteiger partial charge in [-0.2, -0.15) is 0 Å². The number of aromatic amines is 1. The van der Waals surface area contributed by atoms with Gasteiger partial charge in [-0.25, -0.2) is 14.4 Å². The minimum atomic E-state index is -0.332. The van der Waals surface area contributed by atoms with Gasteiger partial charge in [-0.15, -0.1) is 0 Å². The van der Waals surface area contributed by atoms with Gasteiger partial charge in [0.2, 0.25) is 5.91 Å². The Bertz CT molecular complexity index is 1130. The highest BCUT2D eigenvalue weighted by Crippen LogP contribution is 2.33. The first kappa shape index (κ1) is 17.3. The van der Waals surface area contributed by atoms with E-state index in [9.17, 15) is 9.18 Å². The van der Waals surface area contributed by atoms with E-state index in [1.54, 1.807) is 36.8 Å². The van der Waals surface area contributed by atoms with E-state index in [2.05, 4.69) is 41.2 Å². The maximum absolute atomic E-state index is 13.0. The van der Waals surface area contributed by atoms with Crippen LogP contribution in [-0.4, -0.2) is 25.8 Å². The van der Waals surface area contributed by atoms with E-state index >= 15 is 0 Å². The van der Waals surface area contributed by atoms with Gasteiger partial charge in [-0.3, -0.25) is 9.78 Å². The number of pyridine rings is 1. The number of aromatic nitrogens is 4. The standard InChI is InChI=1S/C19H13BrFN5O/c20-16-17(26-19-18(16)23-7-8-24-19)12-5-6-22-14(10-12)25-15(27)9-11-1-3-13(21)4-2-11/h1-8,10H,9H2,(H,24,26)(H,22,25,27). The highest BCUT2D eigenvalue weighted by molar-refractivity contribution is 9.10. The molecule has 0 atom stereocenters. The molecule has 4 aromatic rings. The maximum atomic E-state index is 13.0. The highest BCUT2D eigenvalue weighted by atomic mass is 79.9. The van der Waals surface area contributed by atoms with Crippen LogP contribution in [0.2, 0.25) is 0 Å². The number of nitrogens with one attached hydrogen (secondary N) is 2. The van der Waals surface area contributed by atoms with Crippen LogP contribution in [0.1, 0.15) is 5.56 Å². The molecule has 0 spiro atoms. The van der Waals surface area contributed by atoms with Crippen LogP contribution >= 0.6 is 15.9 Å². The summed E-state index contributed by atoms with van der Waals surface area (Å²) in [5.41, 5.74) is 3.74. The molecule has 8 heteroatoms. The van der Waals surface area contributed by atoms with Gasteiger partial charge >= 0.3 is 0 Å². The molecule has 0 bridgehead atoms. The molecule has 27 heavy (non-hydrogen) atoms. The molecule has 6 nitrogen and oxygen atoms in total. The van der Waals surface area contributed by atoms with Crippen LogP contribution < -0.4 is 5.32 Å². The average Bonchev–Trinajstić information content (AvgIpc) is 3.01. The van der Waals surface area contributed by atoms with Gasteiger partial charge in [0.05, 0.1) is 16.6 Å². The van der Waals surface area contributed by atoms with Gasteiger partial charge < -0.3 is 10.3 Å². The fourth-order valence-corrected chi connectivity index (χ4v) is 3.33. The van der Waals surface area contributed by atoms with Crippen molar-refractivity contribution in [2.75, 3.05) is 5.32 Å². The summed E-state index contributed by atoms with van der Waals surface area (Å²) in [7, 11) is 0. The summed E-state index contributed by atoms with van der Waals surface area (Å²) >= 11 is 3.54. The highest BCUT2D eigenvalue weighted by Gasteiger charge is 2.14. The quantitative estimate of drug-likeness (QED) is 0.515. The first-order chi connectivity index (χ1) is 13.1. The predicted molar refractivity (Wildman–Crippen MR) is 104 cm³/mol. The Morgan fingerprint density at radius 2 is 1.85 bits per heavy atom. The van der Waals surface area contributed by atoms with Crippen molar-refractivity contribution in [2.45, 2.75) is 6.42 Å². The van der Waals surface area contributed by atoms with E-state index in [1.165, 1.54) is 12.1 Å². The molecule has 3 heterocycles. The van der Waals surface area contributed by atoms with Crippen LogP contribution in [0, 0.1) is 5.82 Å². The van der Waals surface area contributed by atoms with Crippen LogP contribution in [0.4, 0.5) is 10.2 Å². The Hall–Kier alpha value is -3.13. The third kappa shape index (κ3) is 3.70. The van der Waals surface area contributed by atoms with Crippen molar-refractivity contribution in [3.63, 3.8) is 0 Å². The van der Waals surface area contributed by atoms with Crippen molar-refractivity contribution in [1.29, 1.82) is 0 Å². The van der Waals surface area contributed by atoms with E-state index in [0.29, 0.717) is 11.5 Å². The lowest BCUT2D eigenvalue weighted by Gasteiger charge is -2.06. The first-order valence-corrected chi connectivity index (χ1v) is 8.88. The number of halogens is 2. The molecular formula is C19H13BrFN5O. The fraction of sp³-hybridized carbons (Fsp3) is 0.0526. The van der Waals surface area contributed by atoms with Crippen LogP contribution in [0.3, 0.4) is 0 Å². The van der Waals surface area contributed by atoms with Crippen molar-refractivity contribution in [3.05, 3.63) is 70.8 Å². The second-order valence-corrected chi connectivity index (χ2v) is 6.64. The van der Waals surface area contributed by atoms with E-state index in [-0.39, 0.29) is 18.1 Å². The summed E-state index contributed by atoms with van der Waals surface area (Å²) in [6, 6.07) is 9.41. The second kappa shape index (κ2) is 7.24. The summed E-state index contributed by atoms with van der Waals surface area (Å²) < 4.78 is 13.8. The molecule has 0 fully saturated rings. The molecule has 0 saturated carbocycles. The molecule has 0 unspecified atom stereocenters. The number of carbonyl (C=O) groups excluding carboxylic acids is 1. The minimum Gasteiger partial charge on any atom is -0.337 e. The molecule has 0 aliphatic rings. The van der Waals surface area contributed by atoms with Crippen molar-refractivity contribution in [1.82, 2.24) is 19.9 Å². The molecule has 2 N–H and O–H groups in total. The fourth-order valence-electron chi connectivity index (χ4n) is 2.71. The minimum absolute atomic E-state index is 0.135. The van der Waals surface area contributed by atoms with E-state index in [0.717, 1.165) is 26.8 Å². The zero-order chi connectivity index (χ0) is 18.8. The summed E-state index contributed by atoms with van der Waals surface area (Å²) in [5.74, 6) is -0.141. The average molecular weight is 426 g/mol. The molecule has 134 valence electrons. The number of hydrogen-bond acceptors (Lipinski definition) is 4. The monoisotopic (exact) mass is 425 g/mol. The Morgan fingerprint density at radius 1 is 1.07 bits per heavy atom. The number of hydrogen-bond donors (Lipinski definition) is 2. The lowest BCUT2D eigenvalue weighted by atomic mass is 10.1. The topological polar surface area (TPSA) is 83.6 Å². The molecular weight excluding hydrogens is 413 g/mol. The van der Waals surface area contributed by atoms with Crippen molar-refractivity contribution in [2.24, 2.45) is 0 Å². The van der Waals surface area contributed by atoms with Crippen LogP contribution in [0.15, 0.2) is 59.5 Å². The number of anilines is 1. The van der Waals surface area contributed by atoms with E-state index in [4.69, 9.17) is 0 Å². The van der Waals surface area contributed by atoms with E-state index < -0.39 is 0 Å². The molecule has 0 saturated heterocycles. The Morgan fingerprint density at radius 3 is 2.63 bits per heavy atom. The number of amides is 1. The Balaban J connectivity index is 1.56. The first-order valence-electron chi connectivity index (χ1n) is 8.09. The third-order valence-corrected chi connectivity index (χ3v) is 4.74. The number of nitrogens with zero attached hydrogens (tertiary/aromatic N) is 3. The molecule has 1 aromatic carbocycles. The lowest BCUT2D eigenvalue weighted by Crippen LogP contribution is -2.15. The number of H-pyrrole nitrogens is 1. The number of rotatable bonds is 4. The van der Waals surface area contributed by atoms with Crippen molar-refractivity contribution < 1.29 is 9.18 Å². The van der Waals surface area contributed by atoms with Crippen molar-refractivity contribution >= 4 is 38.8 Å². The number of benzene rings is 1. The van der Waals surface area contributed by atoms with Crippen LogP contribution in [0.5, 0.6) is 0 Å². The third-order valence-electron chi connectivity index (χ3n) is 3.96. The Kier molecular flexibility index (Phi) is 4.64. The molecule has 4 rings (SSSR count). The molecule has 0 radical (unpaired) electrons. The van der Waals surface area contributed by atoms with Gasteiger partial charge in [0.25, 0.3) is 0 Å². The normalized spacial score (nSPS) is 10.9. The zero-order valence-corrected chi connectivity index (χ0v) is 15.5. The maximum Gasteiger partial charge on any atom is 0.229 e. The van der Waals surface area contributed by atoms with Gasteiger partial charge in [0, 0.05) is 24.2 Å². The second-order valence-electron chi connectivity index (χ2n) is 5.85. The van der Waals surface area contributed by atoms with Gasteiger partial charge in [0.15, 0.2) is 5.65 Å². The SMILES string of the molecule is O=C(Cc1ccc(F)cc1)Nc1cc(-c2[nH]c3nccnc3c2Br)ccn1.